The van der Waals surface area contributed by atoms with E-state index in [9.17, 15) is 14.4 Å². The number of hydrogen-bond acceptors (Lipinski definition) is 3. The molecule has 1 aromatic carbocycles. The van der Waals surface area contributed by atoms with E-state index in [4.69, 9.17) is 11.6 Å². The number of nitrogens with one attached hydrogen (secondary N) is 2. The summed E-state index contributed by atoms with van der Waals surface area (Å²) < 4.78 is 0. The lowest BCUT2D eigenvalue weighted by atomic mass is 10.1. The van der Waals surface area contributed by atoms with Gasteiger partial charge < -0.3 is 10.6 Å². The van der Waals surface area contributed by atoms with Crippen LogP contribution >= 0.6 is 11.6 Å². The monoisotopic (exact) mass is 254 g/mol. The van der Waals surface area contributed by atoms with Crippen molar-refractivity contribution in [2.75, 3.05) is 10.6 Å². The van der Waals surface area contributed by atoms with Crippen molar-refractivity contribution in [3.63, 3.8) is 0 Å². The number of amides is 2. The van der Waals surface area contributed by atoms with Gasteiger partial charge in [-0.1, -0.05) is 6.07 Å². The van der Waals surface area contributed by atoms with Crippen LogP contribution < -0.4 is 10.6 Å². The molecule has 0 fully saturated rings. The molecule has 0 unspecified atom stereocenters. The zero-order valence-electron chi connectivity index (χ0n) is 9.33. The molecule has 0 saturated carbocycles. The van der Waals surface area contributed by atoms with Gasteiger partial charge in [0.05, 0.1) is 16.9 Å². The summed E-state index contributed by atoms with van der Waals surface area (Å²) in [5.74, 6) is -0.659. The van der Waals surface area contributed by atoms with E-state index in [1.807, 2.05) is 0 Å². The van der Waals surface area contributed by atoms with Crippen molar-refractivity contribution in [3.05, 3.63) is 23.8 Å². The van der Waals surface area contributed by atoms with Crippen molar-refractivity contribution in [1.82, 2.24) is 0 Å². The van der Waals surface area contributed by atoms with E-state index in [-0.39, 0.29) is 28.8 Å². The van der Waals surface area contributed by atoms with Crippen LogP contribution in [0.15, 0.2) is 18.2 Å². The number of benzene rings is 1. The Bertz CT molecular complexity index is 451. The van der Waals surface area contributed by atoms with Gasteiger partial charge in [-0.25, -0.2) is 0 Å². The first-order valence-corrected chi connectivity index (χ1v) is 5.17. The Hall–Kier alpha value is -1.88. The third-order valence-electron chi connectivity index (χ3n) is 1.88. The van der Waals surface area contributed by atoms with Gasteiger partial charge in [-0.2, -0.15) is 0 Å². The van der Waals surface area contributed by atoms with Crippen molar-refractivity contribution in [2.45, 2.75) is 13.8 Å². The highest BCUT2D eigenvalue weighted by Crippen LogP contribution is 2.26. The smallest absolute Gasteiger partial charge is 0.256 e. The van der Waals surface area contributed by atoms with Gasteiger partial charge in [0.1, 0.15) is 0 Å². The fraction of sp³-hybridized carbons (Fsp3) is 0.182. The van der Waals surface area contributed by atoms with E-state index < -0.39 is 5.24 Å². The first-order valence-electron chi connectivity index (χ1n) is 4.80. The van der Waals surface area contributed by atoms with Crippen LogP contribution in [0.25, 0.3) is 0 Å². The molecule has 6 heteroatoms. The summed E-state index contributed by atoms with van der Waals surface area (Å²) in [4.78, 5) is 33.3. The topological polar surface area (TPSA) is 75.3 Å². The Labute approximate surface area is 103 Å². The zero-order chi connectivity index (χ0) is 13.0. The molecule has 1 rings (SSSR count). The average molecular weight is 255 g/mol. The third-order valence-corrected chi connectivity index (χ3v) is 2.07. The largest absolute Gasteiger partial charge is 0.326 e. The lowest BCUT2D eigenvalue weighted by Crippen LogP contribution is -2.13. The molecule has 0 aromatic heterocycles. The van der Waals surface area contributed by atoms with E-state index in [2.05, 4.69) is 10.6 Å². The van der Waals surface area contributed by atoms with Gasteiger partial charge in [0, 0.05) is 13.8 Å². The van der Waals surface area contributed by atoms with Crippen LogP contribution in [0.4, 0.5) is 11.4 Å². The summed E-state index contributed by atoms with van der Waals surface area (Å²) in [6.07, 6.45) is 0. The van der Waals surface area contributed by atoms with Crippen molar-refractivity contribution in [1.29, 1.82) is 0 Å². The minimum Gasteiger partial charge on any atom is -0.326 e. The summed E-state index contributed by atoms with van der Waals surface area (Å²) in [5, 5.41) is 4.19. The molecule has 0 aliphatic rings. The van der Waals surface area contributed by atoms with E-state index in [0.717, 1.165) is 0 Å². The highest BCUT2D eigenvalue weighted by molar-refractivity contribution is 6.69. The maximum Gasteiger partial charge on any atom is 0.256 e. The summed E-state index contributed by atoms with van der Waals surface area (Å²) in [7, 11) is 0. The maximum atomic E-state index is 11.3. The summed E-state index contributed by atoms with van der Waals surface area (Å²) in [6, 6.07) is 4.66. The fourth-order valence-electron chi connectivity index (χ4n) is 1.35. The molecule has 2 amide bonds. The first-order chi connectivity index (χ1) is 7.91. The molecule has 0 spiro atoms. The van der Waals surface area contributed by atoms with Crippen LogP contribution in [0, 0.1) is 0 Å². The van der Waals surface area contributed by atoms with Crippen molar-refractivity contribution in [2.24, 2.45) is 0 Å². The number of hydrogen-bond donors (Lipinski definition) is 2. The number of rotatable bonds is 3. The van der Waals surface area contributed by atoms with Gasteiger partial charge in [0.15, 0.2) is 0 Å². The molecule has 17 heavy (non-hydrogen) atoms. The van der Waals surface area contributed by atoms with Crippen molar-refractivity contribution >= 4 is 40.0 Å². The molecule has 0 bridgehead atoms. The van der Waals surface area contributed by atoms with E-state index in [0.29, 0.717) is 0 Å². The standard InChI is InChI=1S/C11H11ClN2O3/c1-6(15)13-8-4-3-5-9(14-7(2)16)10(8)11(12)17/h3-5H,1-2H3,(H,13,15)(H,14,16). The van der Waals surface area contributed by atoms with Crippen molar-refractivity contribution in [3.8, 4) is 0 Å². The number of anilines is 2. The molecule has 0 radical (unpaired) electrons. The van der Waals surface area contributed by atoms with Crippen LogP contribution in [-0.4, -0.2) is 17.1 Å². The lowest BCUT2D eigenvalue weighted by molar-refractivity contribution is -0.115. The SMILES string of the molecule is CC(=O)Nc1cccc(NC(C)=O)c1C(=O)Cl. The zero-order valence-corrected chi connectivity index (χ0v) is 10.1. The molecular formula is C11H11ClN2O3. The second-order valence-electron chi connectivity index (χ2n) is 3.36. The van der Waals surface area contributed by atoms with Gasteiger partial charge in [0.2, 0.25) is 11.8 Å². The Morgan fingerprint density at radius 2 is 1.41 bits per heavy atom. The second kappa shape index (κ2) is 5.45. The van der Waals surface area contributed by atoms with Gasteiger partial charge in [-0.05, 0) is 23.7 Å². The van der Waals surface area contributed by atoms with Crippen LogP contribution in [0.3, 0.4) is 0 Å². The summed E-state index contributed by atoms with van der Waals surface area (Å²) >= 11 is 5.44. The van der Waals surface area contributed by atoms with E-state index >= 15 is 0 Å². The molecule has 1 aromatic rings. The Balaban J connectivity index is 3.26. The Morgan fingerprint density at radius 3 is 1.71 bits per heavy atom. The van der Waals surface area contributed by atoms with Crippen LogP contribution in [0.5, 0.6) is 0 Å². The summed E-state index contributed by atoms with van der Waals surface area (Å²) in [5.41, 5.74) is 0.604. The fourth-order valence-corrected chi connectivity index (χ4v) is 1.56. The quantitative estimate of drug-likeness (QED) is 0.810. The number of carbonyl (C=O) groups is 3. The predicted octanol–water partition coefficient (Wildman–Crippen LogP) is 1.98. The van der Waals surface area contributed by atoms with Gasteiger partial charge >= 0.3 is 0 Å². The molecule has 0 saturated heterocycles. The highest BCUT2D eigenvalue weighted by atomic mass is 35.5. The molecule has 0 heterocycles. The highest BCUT2D eigenvalue weighted by Gasteiger charge is 2.15. The molecule has 0 atom stereocenters. The Morgan fingerprint density at radius 1 is 1.00 bits per heavy atom. The molecule has 2 N–H and O–H groups in total. The van der Waals surface area contributed by atoms with Crippen molar-refractivity contribution < 1.29 is 14.4 Å². The molecule has 90 valence electrons. The van der Waals surface area contributed by atoms with Crippen LogP contribution in [0.2, 0.25) is 0 Å². The average Bonchev–Trinajstić information content (AvgIpc) is 2.14. The lowest BCUT2D eigenvalue weighted by Gasteiger charge is -2.11. The summed E-state index contributed by atoms with van der Waals surface area (Å²) in [6.45, 7) is 2.63. The molecule has 0 aliphatic carbocycles. The minimum absolute atomic E-state index is 0.0690. The normalized spacial score (nSPS) is 9.59. The van der Waals surface area contributed by atoms with Gasteiger partial charge in [-0.15, -0.1) is 0 Å². The first kappa shape index (κ1) is 13.2. The van der Waals surface area contributed by atoms with Gasteiger partial charge in [0.25, 0.3) is 5.24 Å². The third kappa shape index (κ3) is 3.57. The van der Waals surface area contributed by atoms with E-state index in [1.165, 1.54) is 26.0 Å². The number of carbonyl (C=O) groups excluding carboxylic acids is 3. The molecule has 5 nitrogen and oxygen atoms in total. The maximum absolute atomic E-state index is 11.3. The Kier molecular flexibility index (Phi) is 4.23. The number of halogens is 1. The minimum atomic E-state index is -0.752. The van der Waals surface area contributed by atoms with Crippen LogP contribution in [-0.2, 0) is 9.59 Å². The van der Waals surface area contributed by atoms with Crippen LogP contribution in [0.1, 0.15) is 24.2 Å². The van der Waals surface area contributed by atoms with E-state index in [1.54, 1.807) is 6.07 Å². The second-order valence-corrected chi connectivity index (χ2v) is 3.71. The molecule has 0 aliphatic heterocycles. The van der Waals surface area contributed by atoms with Gasteiger partial charge in [-0.3, -0.25) is 14.4 Å². The molecular weight excluding hydrogens is 244 g/mol. The predicted molar refractivity (Wildman–Crippen MR) is 65.2 cm³/mol.